The van der Waals surface area contributed by atoms with E-state index in [2.05, 4.69) is 13.8 Å². The molecule has 0 amide bonds. The second-order valence-electron chi connectivity index (χ2n) is 7.30. The molecule has 1 heterocycles. The Morgan fingerprint density at radius 1 is 0.833 bits per heavy atom. The van der Waals surface area contributed by atoms with Crippen molar-refractivity contribution >= 4 is 18.3 Å². The van der Waals surface area contributed by atoms with E-state index in [1.165, 1.54) is 0 Å². The van der Waals surface area contributed by atoms with Crippen LogP contribution < -0.4 is 0 Å². The van der Waals surface area contributed by atoms with Crippen molar-refractivity contribution in [3.05, 3.63) is 0 Å². The van der Waals surface area contributed by atoms with Gasteiger partial charge in [0.15, 0.2) is 12.2 Å². The Morgan fingerprint density at radius 3 is 1.83 bits per heavy atom. The van der Waals surface area contributed by atoms with Gasteiger partial charge in [0.2, 0.25) is 6.10 Å². The molecule has 0 aromatic heterocycles. The Balaban J connectivity index is 2.41. The molecule has 0 radical (unpaired) electrons. The SMILES string of the molecule is CCCCCCCOC(=O)O[C@@H]1[C@@H](CO)OC(=O)[C@@H]1OC(=O)OCCCCCCC. The fraction of sp³-hybridized carbons (Fsp3) is 0.857. The quantitative estimate of drug-likeness (QED) is 0.233. The summed E-state index contributed by atoms with van der Waals surface area (Å²) in [5.41, 5.74) is 0. The summed E-state index contributed by atoms with van der Waals surface area (Å²) < 4.78 is 25.0. The van der Waals surface area contributed by atoms with Gasteiger partial charge in [-0.05, 0) is 12.8 Å². The van der Waals surface area contributed by atoms with E-state index in [0.717, 1.165) is 51.4 Å². The highest BCUT2D eigenvalue weighted by Gasteiger charge is 2.50. The molecule has 0 saturated carbocycles. The number of hydrogen-bond acceptors (Lipinski definition) is 9. The first kappa shape index (κ1) is 26.0. The fourth-order valence-corrected chi connectivity index (χ4v) is 3.01. The monoisotopic (exact) mass is 432 g/mol. The Morgan fingerprint density at radius 2 is 1.33 bits per heavy atom. The molecule has 0 aromatic carbocycles. The molecule has 174 valence electrons. The maximum atomic E-state index is 12.0. The van der Waals surface area contributed by atoms with E-state index >= 15 is 0 Å². The van der Waals surface area contributed by atoms with Gasteiger partial charge in [-0.3, -0.25) is 0 Å². The standard InChI is InChI=1S/C21H36O9/c1-3-5-7-9-11-13-26-20(24)29-17-16(15-22)28-19(23)18(17)30-21(25)27-14-12-10-8-6-4-2/h16-18,22H,3-15H2,1-2H3/t16-,17-,18-/m1/s1. The van der Waals surface area contributed by atoms with E-state index in [-0.39, 0.29) is 13.2 Å². The van der Waals surface area contributed by atoms with Crippen molar-refractivity contribution in [3.63, 3.8) is 0 Å². The molecule has 0 bridgehead atoms. The summed E-state index contributed by atoms with van der Waals surface area (Å²) in [6.45, 7) is 3.97. The summed E-state index contributed by atoms with van der Waals surface area (Å²) in [6, 6.07) is 0. The third-order valence-corrected chi connectivity index (χ3v) is 4.74. The van der Waals surface area contributed by atoms with Gasteiger partial charge in [-0.1, -0.05) is 65.2 Å². The summed E-state index contributed by atoms with van der Waals surface area (Å²) >= 11 is 0. The van der Waals surface area contributed by atoms with Gasteiger partial charge >= 0.3 is 18.3 Å². The van der Waals surface area contributed by atoms with Crippen LogP contribution in [0.25, 0.3) is 0 Å². The molecule has 1 saturated heterocycles. The van der Waals surface area contributed by atoms with E-state index in [4.69, 9.17) is 23.7 Å². The van der Waals surface area contributed by atoms with E-state index < -0.39 is 43.2 Å². The second kappa shape index (κ2) is 15.8. The molecule has 30 heavy (non-hydrogen) atoms. The van der Waals surface area contributed by atoms with Gasteiger partial charge in [0.25, 0.3) is 0 Å². The average molecular weight is 433 g/mol. The number of carbonyl (C=O) groups is 3. The normalized spacial score (nSPS) is 20.5. The van der Waals surface area contributed by atoms with Gasteiger partial charge in [0, 0.05) is 0 Å². The minimum atomic E-state index is -1.51. The minimum absolute atomic E-state index is 0.166. The van der Waals surface area contributed by atoms with Crippen LogP contribution in [0.1, 0.15) is 78.1 Å². The molecule has 1 aliphatic rings. The second-order valence-corrected chi connectivity index (χ2v) is 7.30. The zero-order chi connectivity index (χ0) is 22.2. The van der Waals surface area contributed by atoms with Crippen molar-refractivity contribution in [1.29, 1.82) is 0 Å². The average Bonchev–Trinajstić information content (AvgIpc) is 3.02. The molecular weight excluding hydrogens is 396 g/mol. The number of carbonyl (C=O) groups excluding carboxylic acids is 3. The molecule has 9 heteroatoms. The summed E-state index contributed by atoms with van der Waals surface area (Å²) in [4.78, 5) is 35.8. The third kappa shape index (κ3) is 10.1. The zero-order valence-electron chi connectivity index (χ0n) is 18.1. The van der Waals surface area contributed by atoms with Crippen LogP contribution in [-0.2, 0) is 28.5 Å². The molecular formula is C21H36O9. The van der Waals surface area contributed by atoms with Crippen molar-refractivity contribution in [3.8, 4) is 0 Å². The van der Waals surface area contributed by atoms with Crippen molar-refractivity contribution in [2.45, 2.75) is 96.4 Å². The summed E-state index contributed by atoms with van der Waals surface area (Å²) in [5.74, 6) is -0.911. The molecule has 0 aromatic rings. The van der Waals surface area contributed by atoms with E-state index in [1.807, 2.05) is 0 Å². The van der Waals surface area contributed by atoms with Gasteiger partial charge in [0.1, 0.15) is 0 Å². The highest BCUT2D eigenvalue weighted by atomic mass is 16.8. The first-order valence-corrected chi connectivity index (χ1v) is 11.0. The number of esters is 1. The smallest absolute Gasteiger partial charge is 0.453 e. The number of cyclic esters (lactones) is 1. The Bertz CT molecular complexity index is 509. The maximum Gasteiger partial charge on any atom is 0.509 e. The van der Waals surface area contributed by atoms with Gasteiger partial charge < -0.3 is 28.8 Å². The fourth-order valence-electron chi connectivity index (χ4n) is 3.01. The molecule has 0 aliphatic carbocycles. The predicted octanol–water partition coefficient (Wildman–Crippen LogP) is 3.89. The first-order valence-electron chi connectivity index (χ1n) is 11.0. The Hall–Kier alpha value is -2.03. The van der Waals surface area contributed by atoms with Crippen molar-refractivity contribution in [2.24, 2.45) is 0 Å². The summed E-state index contributed by atoms with van der Waals surface area (Å²) in [7, 11) is 0. The maximum absolute atomic E-state index is 12.0. The van der Waals surface area contributed by atoms with Crippen LogP contribution in [0.2, 0.25) is 0 Å². The highest BCUT2D eigenvalue weighted by Crippen LogP contribution is 2.23. The van der Waals surface area contributed by atoms with Gasteiger partial charge in [0.05, 0.1) is 19.8 Å². The Labute approximate surface area is 178 Å². The van der Waals surface area contributed by atoms with Gasteiger partial charge in [-0.15, -0.1) is 0 Å². The number of rotatable bonds is 15. The molecule has 0 spiro atoms. The van der Waals surface area contributed by atoms with E-state index in [1.54, 1.807) is 0 Å². The molecule has 9 nitrogen and oxygen atoms in total. The van der Waals surface area contributed by atoms with E-state index in [0.29, 0.717) is 12.8 Å². The van der Waals surface area contributed by atoms with E-state index in [9.17, 15) is 19.5 Å². The van der Waals surface area contributed by atoms with Crippen molar-refractivity contribution in [2.75, 3.05) is 19.8 Å². The highest BCUT2D eigenvalue weighted by molar-refractivity contribution is 5.81. The zero-order valence-corrected chi connectivity index (χ0v) is 18.1. The number of ether oxygens (including phenoxy) is 5. The lowest BCUT2D eigenvalue weighted by molar-refractivity contribution is -0.149. The van der Waals surface area contributed by atoms with Crippen LogP contribution in [0, 0.1) is 0 Å². The van der Waals surface area contributed by atoms with Crippen LogP contribution >= 0.6 is 0 Å². The topological polar surface area (TPSA) is 118 Å². The van der Waals surface area contributed by atoms with Crippen LogP contribution in [-0.4, -0.2) is 61.5 Å². The molecule has 3 atom stereocenters. The van der Waals surface area contributed by atoms with Crippen LogP contribution in [0.4, 0.5) is 9.59 Å². The van der Waals surface area contributed by atoms with Gasteiger partial charge in [-0.2, -0.15) is 0 Å². The van der Waals surface area contributed by atoms with Crippen molar-refractivity contribution in [1.82, 2.24) is 0 Å². The van der Waals surface area contributed by atoms with Gasteiger partial charge in [-0.25, -0.2) is 14.4 Å². The summed E-state index contributed by atoms with van der Waals surface area (Å²) in [5, 5.41) is 9.38. The van der Waals surface area contributed by atoms with Crippen LogP contribution in [0.3, 0.4) is 0 Å². The lowest BCUT2D eigenvalue weighted by Crippen LogP contribution is -2.40. The molecule has 1 rings (SSSR count). The number of aliphatic hydroxyl groups is 1. The van der Waals surface area contributed by atoms with Crippen molar-refractivity contribution < 1.29 is 43.2 Å². The largest absolute Gasteiger partial charge is 0.509 e. The lowest BCUT2D eigenvalue weighted by Gasteiger charge is -2.19. The third-order valence-electron chi connectivity index (χ3n) is 4.74. The predicted molar refractivity (Wildman–Crippen MR) is 107 cm³/mol. The number of hydrogen-bond donors (Lipinski definition) is 1. The molecule has 1 N–H and O–H groups in total. The van der Waals surface area contributed by atoms with Crippen LogP contribution in [0.5, 0.6) is 0 Å². The minimum Gasteiger partial charge on any atom is -0.453 e. The Kier molecular flexibility index (Phi) is 13.7. The number of unbranched alkanes of at least 4 members (excludes halogenated alkanes) is 8. The molecule has 1 fully saturated rings. The lowest BCUT2D eigenvalue weighted by atomic mass is 10.1. The number of aliphatic hydroxyl groups excluding tert-OH is 1. The first-order chi connectivity index (χ1) is 14.5. The van der Waals surface area contributed by atoms with Crippen LogP contribution in [0.15, 0.2) is 0 Å². The molecule has 0 unspecified atom stereocenters. The summed E-state index contributed by atoms with van der Waals surface area (Å²) in [6.07, 6.45) is 3.82. The molecule has 1 aliphatic heterocycles.